The Morgan fingerprint density at radius 1 is 1.03 bits per heavy atom. The number of halogens is 1. The van der Waals surface area contributed by atoms with Gasteiger partial charge in [-0.05, 0) is 54.1 Å². The normalized spacial score (nSPS) is 13.3. The lowest BCUT2D eigenvalue weighted by Crippen LogP contribution is -2.35. The molecule has 1 aromatic heterocycles. The molecule has 0 atom stereocenters. The number of hydrogen-bond acceptors (Lipinski definition) is 3. The van der Waals surface area contributed by atoms with E-state index in [4.69, 9.17) is 4.74 Å². The maximum atomic E-state index is 13.4. The molecule has 0 saturated heterocycles. The zero-order chi connectivity index (χ0) is 21.8. The summed E-state index contributed by atoms with van der Waals surface area (Å²) >= 11 is 0. The van der Waals surface area contributed by atoms with Crippen LogP contribution in [0.3, 0.4) is 0 Å². The van der Waals surface area contributed by atoms with Gasteiger partial charge in [-0.1, -0.05) is 12.1 Å². The minimum atomic E-state index is -0.343. The van der Waals surface area contributed by atoms with E-state index in [1.807, 2.05) is 16.7 Å². The predicted molar refractivity (Wildman–Crippen MR) is 116 cm³/mol. The molecule has 7 heteroatoms. The second kappa shape index (κ2) is 9.04. The van der Waals surface area contributed by atoms with E-state index in [2.05, 4.69) is 5.32 Å². The minimum Gasteiger partial charge on any atom is -0.497 e. The molecular weight excluding hydrogens is 397 g/mol. The van der Waals surface area contributed by atoms with Gasteiger partial charge in [0.15, 0.2) is 0 Å². The average molecular weight is 421 g/mol. The highest BCUT2D eigenvalue weighted by atomic mass is 19.1. The van der Waals surface area contributed by atoms with Crippen LogP contribution in [0.1, 0.15) is 21.7 Å². The number of anilines is 1. The average Bonchev–Trinajstić information content (AvgIpc) is 3.05. The molecule has 1 N–H and O–H groups in total. The molecule has 160 valence electrons. The van der Waals surface area contributed by atoms with Crippen molar-refractivity contribution in [1.29, 1.82) is 0 Å². The number of aromatic nitrogens is 1. The maximum Gasteiger partial charge on any atom is 0.272 e. The van der Waals surface area contributed by atoms with Gasteiger partial charge in [0.05, 0.1) is 13.5 Å². The number of ether oxygens (including phenoxy) is 1. The highest BCUT2D eigenvalue weighted by molar-refractivity contribution is 6.03. The largest absolute Gasteiger partial charge is 0.497 e. The first-order valence-corrected chi connectivity index (χ1v) is 10.2. The third-order valence-electron chi connectivity index (χ3n) is 5.48. The molecule has 0 spiro atoms. The van der Waals surface area contributed by atoms with Gasteiger partial charge in [0.1, 0.15) is 17.3 Å². The quantitative estimate of drug-likeness (QED) is 0.686. The molecule has 0 unspecified atom stereocenters. The molecule has 2 aromatic carbocycles. The molecule has 0 aliphatic carbocycles. The Morgan fingerprint density at radius 2 is 1.84 bits per heavy atom. The maximum absolute atomic E-state index is 13.4. The van der Waals surface area contributed by atoms with Crippen molar-refractivity contribution in [3.63, 3.8) is 0 Å². The number of nitrogens with zero attached hydrogens (tertiary/aromatic N) is 2. The van der Waals surface area contributed by atoms with E-state index in [1.54, 1.807) is 48.4 Å². The van der Waals surface area contributed by atoms with Crippen LogP contribution in [0.2, 0.25) is 0 Å². The van der Waals surface area contributed by atoms with Gasteiger partial charge in [-0.25, -0.2) is 4.39 Å². The molecule has 2 amide bonds. The molecular formula is C24H24FN3O3. The van der Waals surface area contributed by atoms with E-state index in [1.165, 1.54) is 12.1 Å². The van der Waals surface area contributed by atoms with Crippen molar-refractivity contribution in [2.45, 2.75) is 19.4 Å². The molecule has 6 nitrogen and oxygen atoms in total. The number of methoxy groups -OCH3 is 1. The fourth-order valence-corrected chi connectivity index (χ4v) is 3.82. The van der Waals surface area contributed by atoms with Gasteiger partial charge in [0, 0.05) is 37.4 Å². The molecule has 0 fully saturated rings. The van der Waals surface area contributed by atoms with Crippen molar-refractivity contribution in [3.05, 3.63) is 83.4 Å². The SMILES string of the molecule is COc1ccc(NC(=O)c2ccc3n2CCN(C(=O)Cc2cccc(F)c2)CC3)cc1. The Balaban J connectivity index is 1.41. The Labute approximate surface area is 180 Å². The van der Waals surface area contributed by atoms with Crippen LogP contribution < -0.4 is 10.1 Å². The van der Waals surface area contributed by atoms with Gasteiger partial charge < -0.3 is 19.5 Å². The summed E-state index contributed by atoms with van der Waals surface area (Å²) in [6, 6.07) is 17.0. The molecule has 1 aliphatic rings. The zero-order valence-electron chi connectivity index (χ0n) is 17.3. The smallest absolute Gasteiger partial charge is 0.272 e. The fraction of sp³-hybridized carbons (Fsp3) is 0.250. The summed E-state index contributed by atoms with van der Waals surface area (Å²) in [5.41, 5.74) is 2.92. The number of carbonyl (C=O) groups excluding carboxylic acids is 2. The standard InChI is InChI=1S/C24H24FN3O3/c1-31-21-8-5-19(6-9-21)26-24(30)22-10-7-20-11-12-27(13-14-28(20)22)23(29)16-17-3-2-4-18(25)15-17/h2-10,15H,11-14,16H2,1H3,(H,26,30). The van der Waals surface area contributed by atoms with Crippen LogP contribution in [0.5, 0.6) is 5.75 Å². The third kappa shape index (κ3) is 4.77. The van der Waals surface area contributed by atoms with Gasteiger partial charge in [-0.15, -0.1) is 0 Å². The van der Waals surface area contributed by atoms with Crippen molar-refractivity contribution in [2.24, 2.45) is 0 Å². The second-order valence-corrected chi connectivity index (χ2v) is 7.48. The molecule has 0 saturated carbocycles. The van der Waals surface area contributed by atoms with Crippen molar-refractivity contribution in [1.82, 2.24) is 9.47 Å². The van der Waals surface area contributed by atoms with Crippen LogP contribution in [-0.4, -0.2) is 41.5 Å². The van der Waals surface area contributed by atoms with Gasteiger partial charge in [-0.2, -0.15) is 0 Å². The van der Waals surface area contributed by atoms with Crippen LogP contribution in [0, 0.1) is 5.82 Å². The number of carbonyl (C=O) groups is 2. The highest BCUT2D eigenvalue weighted by Crippen LogP contribution is 2.19. The number of amides is 2. The lowest BCUT2D eigenvalue weighted by molar-refractivity contribution is -0.130. The van der Waals surface area contributed by atoms with E-state index < -0.39 is 0 Å². The van der Waals surface area contributed by atoms with Crippen molar-refractivity contribution in [2.75, 3.05) is 25.5 Å². The second-order valence-electron chi connectivity index (χ2n) is 7.48. The third-order valence-corrected chi connectivity index (χ3v) is 5.48. The first-order valence-electron chi connectivity index (χ1n) is 10.2. The molecule has 0 radical (unpaired) electrons. The summed E-state index contributed by atoms with van der Waals surface area (Å²) in [5, 5.41) is 2.91. The molecule has 0 bridgehead atoms. The fourth-order valence-electron chi connectivity index (χ4n) is 3.82. The summed E-state index contributed by atoms with van der Waals surface area (Å²) in [6.45, 7) is 1.60. The Hall–Kier alpha value is -3.61. The predicted octanol–water partition coefficient (Wildman–Crippen LogP) is 3.52. The molecule has 31 heavy (non-hydrogen) atoms. The number of fused-ring (bicyclic) bond motifs is 1. The monoisotopic (exact) mass is 421 g/mol. The molecule has 2 heterocycles. The van der Waals surface area contributed by atoms with Crippen LogP contribution >= 0.6 is 0 Å². The van der Waals surface area contributed by atoms with E-state index in [9.17, 15) is 14.0 Å². The summed E-state index contributed by atoms with van der Waals surface area (Å²) in [5.74, 6) is 0.138. The van der Waals surface area contributed by atoms with E-state index in [0.717, 1.165) is 11.4 Å². The summed E-state index contributed by atoms with van der Waals surface area (Å²) < 4.78 is 20.5. The van der Waals surface area contributed by atoms with Crippen LogP contribution in [0.4, 0.5) is 10.1 Å². The summed E-state index contributed by atoms with van der Waals surface area (Å²) in [7, 11) is 1.59. The first-order chi connectivity index (χ1) is 15.0. The molecule has 1 aliphatic heterocycles. The lowest BCUT2D eigenvalue weighted by atomic mass is 10.1. The van der Waals surface area contributed by atoms with Crippen LogP contribution in [0.15, 0.2) is 60.7 Å². The van der Waals surface area contributed by atoms with Gasteiger partial charge >= 0.3 is 0 Å². The molecule has 3 aromatic rings. The Morgan fingerprint density at radius 3 is 2.58 bits per heavy atom. The Kier molecular flexibility index (Phi) is 6.02. The topological polar surface area (TPSA) is 63.6 Å². The first kappa shape index (κ1) is 20.7. The van der Waals surface area contributed by atoms with Crippen LogP contribution in [0.25, 0.3) is 0 Å². The van der Waals surface area contributed by atoms with Crippen LogP contribution in [-0.2, 0) is 24.2 Å². The van der Waals surface area contributed by atoms with E-state index in [-0.39, 0.29) is 24.1 Å². The number of benzene rings is 2. The van der Waals surface area contributed by atoms with Gasteiger partial charge in [0.25, 0.3) is 5.91 Å². The summed E-state index contributed by atoms with van der Waals surface area (Å²) in [4.78, 5) is 27.3. The lowest BCUT2D eigenvalue weighted by Gasteiger charge is -2.20. The van der Waals surface area contributed by atoms with Crippen molar-refractivity contribution < 1.29 is 18.7 Å². The summed E-state index contributed by atoms with van der Waals surface area (Å²) in [6.07, 6.45) is 0.822. The van der Waals surface area contributed by atoms with Crippen molar-refractivity contribution in [3.8, 4) is 5.75 Å². The number of rotatable bonds is 5. The van der Waals surface area contributed by atoms with Gasteiger partial charge in [0.2, 0.25) is 5.91 Å². The van der Waals surface area contributed by atoms with Gasteiger partial charge in [-0.3, -0.25) is 9.59 Å². The number of nitrogens with one attached hydrogen (secondary N) is 1. The Bertz CT molecular complexity index is 1090. The van der Waals surface area contributed by atoms with E-state index in [0.29, 0.717) is 43.0 Å². The van der Waals surface area contributed by atoms with E-state index >= 15 is 0 Å². The molecule has 4 rings (SSSR count). The highest BCUT2D eigenvalue weighted by Gasteiger charge is 2.22. The number of hydrogen-bond donors (Lipinski definition) is 1. The minimum absolute atomic E-state index is 0.0411. The zero-order valence-corrected chi connectivity index (χ0v) is 17.3. The van der Waals surface area contributed by atoms with Crippen molar-refractivity contribution >= 4 is 17.5 Å².